The molecule has 23 heavy (non-hydrogen) atoms. The number of halogens is 2. The summed E-state index contributed by atoms with van der Waals surface area (Å²) in [7, 11) is 0. The van der Waals surface area contributed by atoms with Crippen LogP contribution in [-0.4, -0.2) is 0 Å². The molecule has 3 rings (SSSR count). The molecule has 1 unspecified atom stereocenters. The molecule has 1 aliphatic rings. The van der Waals surface area contributed by atoms with Gasteiger partial charge in [-0.3, -0.25) is 0 Å². The van der Waals surface area contributed by atoms with Gasteiger partial charge in [-0.2, -0.15) is 0 Å². The molecule has 0 aromatic heterocycles. The van der Waals surface area contributed by atoms with Gasteiger partial charge >= 0.3 is 21.7 Å². The van der Waals surface area contributed by atoms with Crippen LogP contribution in [0.3, 0.4) is 0 Å². The van der Waals surface area contributed by atoms with E-state index in [2.05, 4.69) is 61.5 Å². The van der Waals surface area contributed by atoms with Gasteiger partial charge in [-0.15, -0.1) is 5.69 Å². The van der Waals surface area contributed by atoms with Crippen molar-refractivity contribution >= 4 is 11.3 Å². The number of hydrogen-bond donors (Lipinski definition) is 0. The summed E-state index contributed by atoms with van der Waals surface area (Å²) in [5.41, 5.74) is 5.04. The summed E-state index contributed by atoms with van der Waals surface area (Å²) in [5, 5.41) is 4.81. The van der Waals surface area contributed by atoms with Gasteiger partial charge in [-0.25, -0.2) is 0 Å². The van der Waals surface area contributed by atoms with E-state index in [4.69, 9.17) is 5.32 Å². The predicted molar refractivity (Wildman–Crippen MR) is 86.1 cm³/mol. The molecule has 1 radical (unpaired) electrons. The summed E-state index contributed by atoms with van der Waals surface area (Å²) in [6.45, 7) is 2.16. The van der Waals surface area contributed by atoms with E-state index in [1.807, 2.05) is 18.2 Å². The Labute approximate surface area is 166 Å². The largest absolute Gasteiger partial charge is 3.00 e. The van der Waals surface area contributed by atoms with Crippen molar-refractivity contribution in [2.45, 2.75) is 19.4 Å². The minimum atomic E-state index is 0. The third-order valence-corrected chi connectivity index (χ3v) is 3.63. The van der Waals surface area contributed by atoms with Gasteiger partial charge in [0.2, 0.25) is 0 Å². The summed E-state index contributed by atoms with van der Waals surface area (Å²) >= 11 is 0. The number of para-hydroxylation sites is 1. The maximum atomic E-state index is 4.81. The van der Waals surface area contributed by atoms with E-state index in [1.54, 1.807) is 0 Å². The van der Waals surface area contributed by atoms with Crippen LogP contribution in [-0.2, 0) is 21.7 Å². The molecule has 2 aromatic rings. The van der Waals surface area contributed by atoms with Gasteiger partial charge in [-0.05, 0) is 17.6 Å². The van der Waals surface area contributed by atoms with Gasteiger partial charge in [0.15, 0.2) is 0 Å². The van der Waals surface area contributed by atoms with E-state index in [0.29, 0.717) is 0 Å². The Morgan fingerprint density at radius 1 is 0.913 bits per heavy atom. The SMILES string of the molecule is CC([N-]c1ccccc1)c1ccccc1C1=CC=CC1.[Cl-].[Cl-].[Ti+3]. The summed E-state index contributed by atoms with van der Waals surface area (Å²) < 4.78 is 0. The normalized spacial score (nSPS) is 13.0. The molecule has 0 bridgehead atoms. The quantitative estimate of drug-likeness (QED) is 0.654. The van der Waals surface area contributed by atoms with Gasteiger partial charge < -0.3 is 30.1 Å². The van der Waals surface area contributed by atoms with Crippen LogP contribution in [0.1, 0.15) is 30.5 Å². The molecule has 0 aliphatic heterocycles. The summed E-state index contributed by atoms with van der Waals surface area (Å²) in [5.74, 6) is 0. The summed E-state index contributed by atoms with van der Waals surface area (Å²) in [4.78, 5) is 0. The first-order chi connectivity index (χ1) is 9.84. The molecule has 0 heterocycles. The molecular formula is C19H18Cl2NTi. The molecule has 0 N–H and O–H groups in total. The Morgan fingerprint density at radius 3 is 2.22 bits per heavy atom. The standard InChI is InChI=1S/C19H18N.2ClH.Ti/c1-15(20-17-11-3-2-4-12-17)18-13-7-8-14-19(18)16-9-5-6-10-16;;;/h2-9,11-15H,10H2,1H3;2*1H;/q-1;;;+3/p-2. The van der Waals surface area contributed by atoms with E-state index in [0.717, 1.165) is 12.1 Å². The van der Waals surface area contributed by atoms with Crippen molar-refractivity contribution in [3.8, 4) is 0 Å². The zero-order chi connectivity index (χ0) is 13.8. The maximum Gasteiger partial charge on any atom is 3.00 e. The number of rotatable bonds is 4. The number of benzene rings is 2. The van der Waals surface area contributed by atoms with Crippen LogP contribution >= 0.6 is 0 Å². The van der Waals surface area contributed by atoms with Crippen molar-refractivity contribution in [3.05, 3.63) is 89.3 Å². The van der Waals surface area contributed by atoms with E-state index in [9.17, 15) is 0 Å². The van der Waals surface area contributed by atoms with Gasteiger partial charge in [0, 0.05) is 0 Å². The van der Waals surface area contributed by atoms with Crippen LogP contribution in [0.2, 0.25) is 0 Å². The van der Waals surface area contributed by atoms with E-state index < -0.39 is 0 Å². The minimum Gasteiger partial charge on any atom is -1.00 e. The topological polar surface area (TPSA) is 14.1 Å². The Balaban J connectivity index is 0.00000161. The second kappa shape index (κ2) is 10.7. The Bertz CT molecular complexity index is 653. The Kier molecular flexibility index (Phi) is 10.3. The molecule has 1 aliphatic carbocycles. The number of nitrogens with zero attached hydrogens (tertiary/aromatic N) is 1. The third kappa shape index (κ3) is 5.55. The predicted octanol–water partition coefficient (Wildman–Crippen LogP) is -0.198. The Morgan fingerprint density at radius 2 is 1.57 bits per heavy atom. The molecule has 1 atom stereocenters. The minimum absolute atomic E-state index is 0. The van der Waals surface area contributed by atoms with Crippen LogP contribution in [0.15, 0.2) is 72.8 Å². The molecular weight excluding hydrogens is 361 g/mol. The molecule has 0 saturated heterocycles. The van der Waals surface area contributed by atoms with Crippen molar-refractivity contribution in [2.75, 3.05) is 0 Å². The number of allylic oxidation sites excluding steroid dienone is 4. The Hall–Kier alpha value is -0.986. The molecule has 0 spiro atoms. The van der Waals surface area contributed by atoms with Gasteiger partial charge in [0.25, 0.3) is 0 Å². The first-order valence-corrected chi connectivity index (χ1v) is 7.05. The molecule has 1 nitrogen and oxygen atoms in total. The van der Waals surface area contributed by atoms with Crippen LogP contribution in [0.25, 0.3) is 10.9 Å². The van der Waals surface area contributed by atoms with Gasteiger partial charge in [0.05, 0.1) is 0 Å². The fraction of sp³-hybridized carbons (Fsp3) is 0.158. The zero-order valence-corrected chi connectivity index (χ0v) is 16.0. The summed E-state index contributed by atoms with van der Waals surface area (Å²) in [6, 6.07) is 18.9. The van der Waals surface area contributed by atoms with Crippen molar-refractivity contribution in [2.24, 2.45) is 0 Å². The van der Waals surface area contributed by atoms with E-state index in [1.165, 1.54) is 16.7 Å². The fourth-order valence-electron chi connectivity index (χ4n) is 2.61. The first kappa shape index (κ1) is 22.0. The summed E-state index contributed by atoms with van der Waals surface area (Å²) in [6.07, 6.45) is 7.55. The fourth-order valence-corrected chi connectivity index (χ4v) is 2.61. The van der Waals surface area contributed by atoms with E-state index in [-0.39, 0.29) is 52.6 Å². The monoisotopic (exact) mass is 378 g/mol. The van der Waals surface area contributed by atoms with Crippen LogP contribution in [0, 0.1) is 0 Å². The first-order valence-electron chi connectivity index (χ1n) is 7.05. The van der Waals surface area contributed by atoms with Crippen LogP contribution < -0.4 is 24.8 Å². The van der Waals surface area contributed by atoms with Crippen LogP contribution in [0.4, 0.5) is 5.69 Å². The molecule has 0 saturated carbocycles. The third-order valence-electron chi connectivity index (χ3n) is 3.63. The molecule has 4 heteroatoms. The van der Waals surface area contributed by atoms with Gasteiger partial charge in [-0.1, -0.05) is 91.4 Å². The smallest absolute Gasteiger partial charge is 1.00 e. The maximum absolute atomic E-state index is 4.81. The van der Waals surface area contributed by atoms with Gasteiger partial charge in [0.1, 0.15) is 0 Å². The average molecular weight is 379 g/mol. The van der Waals surface area contributed by atoms with Crippen molar-refractivity contribution in [1.82, 2.24) is 0 Å². The van der Waals surface area contributed by atoms with E-state index >= 15 is 0 Å². The van der Waals surface area contributed by atoms with Crippen molar-refractivity contribution < 1.29 is 46.5 Å². The zero-order valence-electron chi connectivity index (χ0n) is 12.9. The van der Waals surface area contributed by atoms with Crippen molar-refractivity contribution in [1.29, 1.82) is 0 Å². The molecule has 2 aromatic carbocycles. The average Bonchev–Trinajstić information content (AvgIpc) is 3.02. The second-order valence-corrected chi connectivity index (χ2v) is 5.05. The van der Waals surface area contributed by atoms with Crippen LogP contribution in [0.5, 0.6) is 0 Å². The molecule has 0 fully saturated rings. The second-order valence-electron chi connectivity index (χ2n) is 5.05. The van der Waals surface area contributed by atoms with Crippen molar-refractivity contribution in [3.63, 3.8) is 0 Å². The molecule has 0 amide bonds. The number of hydrogen-bond acceptors (Lipinski definition) is 0. The molecule has 117 valence electrons.